The molecule has 3 N–H and O–H groups in total. The van der Waals surface area contributed by atoms with Gasteiger partial charge in [-0.15, -0.1) is 20.4 Å². The summed E-state index contributed by atoms with van der Waals surface area (Å²) in [4.78, 5) is 24.4. The van der Waals surface area contributed by atoms with Gasteiger partial charge in [0, 0.05) is 19.3 Å². The lowest BCUT2D eigenvalue weighted by molar-refractivity contribution is -0.118. The summed E-state index contributed by atoms with van der Waals surface area (Å²) in [6.45, 7) is 0. The lowest BCUT2D eigenvalue weighted by atomic mass is 10.1. The van der Waals surface area contributed by atoms with Crippen molar-refractivity contribution in [3.63, 3.8) is 0 Å². The molecule has 0 radical (unpaired) electrons. The number of unbranched alkanes of at least 4 members (excludes halogenated alkanes) is 1. The molecule has 4 rings (SSSR count). The van der Waals surface area contributed by atoms with Crippen molar-refractivity contribution in [1.82, 2.24) is 20.4 Å². The SMILES string of the molecule is O=C(CCc1ccccc1)Nc1nnc(CCCCc2nnc(NC(=O)CC(O)c3ccccc3)s2)s1. The molecule has 0 spiro atoms. The molecular weight excluding hydrogens is 508 g/mol. The zero-order valence-corrected chi connectivity index (χ0v) is 21.8. The number of hydrogen-bond acceptors (Lipinski definition) is 9. The van der Waals surface area contributed by atoms with Crippen molar-refractivity contribution in [3.05, 3.63) is 81.8 Å². The Kier molecular flexibility index (Phi) is 9.81. The van der Waals surface area contributed by atoms with E-state index in [1.807, 2.05) is 48.5 Å². The first-order chi connectivity index (χ1) is 18.0. The molecule has 2 aromatic heterocycles. The molecule has 1 unspecified atom stereocenters. The average molecular weight is 537 g/mol. The maximum atomic E-state index is 12.2. The molecule has 11 heteroatoms. The highest BCUT2D eigenvalue weighted by atomic mass is 32.1. The van der Waals surface area contributed by atoms with Gasteiger partial charge in [0.15, 0.2) is 0 Å². The second-order valence-corrected chi connectivity index (χ2v) is 10.5. The van der Waals surface area contributed by atoms with Gasteiger partial charge in [0.2, 0.25) is 22.1 Å². The van der Waals surface area contributed by atoms with E-state index >= 15 is 0 Å². The van der Waals surface area contributed by atoms with Crippen LogP contribution in [0.3, 0.4) is 0 Å². The summed E-state index contributed by atoms with van der Waals surface area (Å²) in [5.74, 6) is -0.376. The second kappa shape index (κ2) is 13.7. The Bertz CT molecular complexity index is 1280. The third kappa shape index (κ3) is 8.81. The highest BCUT2D eigenvalue weighted by Gasteiger charge is 2.15. The largest absolute Gasteiger partial charge is 0.388 e. The number of rotatable bonds is 13. The van der Waals surface area contributed by atoms with Gasteiger partial charge in [0.05, 0.1) is 12.5 Å². The van der Waals surface area contributed by atoms with E-state index in [0.717, 1.165) is 41.3 Å². The molecule has 2 heterocycles. The monoisotopic (exact) mass is 536 g/mol. The minimum absolute atomic E-state index is 0.0454. The first-order valence-corrected chi connectivity index (χ1v) is 13.7. The molecule has 4 aromatic rings. The van der Waals surface area contributed by atoms with Crippen molar-refractivity contribution in [1.29, 1.82) is 0 Å². The number of hydrogen-bond donors (Lipinski definition) is 3. The normalized spacial score (nSPS) is 11.7. The Labute approximate surface area is 223 Å². The molecule has 2 aromatic carbocycles. The van der Waals surface area contributed by atoms with Gasteiger partial charge in [-0.3, -0.25) is 9.59 Å². The quantitative estimate of drug-likeness (QED) is 0.213. The van der Waals surface area contributed by atoms with Crippen LogP contribution in [-0.4, -0.2) is 37.3 Å². The van der Waals surface area contributed by atoms with Gasteiger partial charge in [-0.05, 0) is 30.4 Å². The summed E-state index contributed by atoms with van der Waals surface area (Å²) >= 11 is 2.73. The Morgan fingerprint density at radius 1 is 0.730 bits per heavy atom. The molecule has 192 valence electrons. The Hall–Kier alpha value is -3.54. The fourth-order valence-electron chi connectivity index (χ4n) is 3.59. The number of benzene rings is 2. The van der Waals surface area contributed by atoms with Gasteiger partial charge in [-0.2, -0.15) is 0 Å². The van der Waals surface area contributed by atoms with Gasteiger partial charge in [0.25, 0.3) is 0 Å². The number of aliphatic hydroxyl groups excluding tert-OH is 1. The first kappa shape index (κ1) is 26.5. The zero-order chi connectivity index (χ0) is 25.9. The number of carbonyl (C=O) groups is 2. The topological polar surface area (TPSA) is 130 Å². The molecule has 2 amide bonds. The van der Waals surface area contributed by atoms with Crippen LogP contribution in [0.25, 0.3) is 0 Å². The molecule has 1 atom stereocenters. The lowest BCUT2D eigenvalue weighted by Gasteiger charge is -2.09. The Morgan fingerprint density at radius 3 is 1.86 bits per heavy atom. The van der Waals surface area contributed by atoms with Crippen molar-refractivity contribution in [3.8, 4) is 0 Å². The van der Waals surface area contributed by atoms with Crippen molar-refractivity contribution >= 4 is 44.8 Å². The van der Waals surface area contributed by atoms with E-state index in [1.165, 1.54) is 22.7 Å². The van der Waals surface area contributed by atoms with Crippen LogP contribution in [0.2, 0.25) is 0 Å². The maximum absolute atomic E-state index is 12.2. The molecule has 9 nitrogen and oxygen atoms in total. The lowest BCUT2D eigenvalue weighted by Crippen LogP contribution is -2.15. The summed E-state index contributed by atoms with van der Waals surface area (Å²) in [5.41, 5.74) is 1.82. The Morgan fingerprint density at radius 2 is 1.27 bits per heavy atom. The number of nitrogens with one attached hydrogen (secondary N) is 2. The number of aryl methyl sites for hydroxylation is 3. The predicted octanol–water partition coefficient (Wildman–Crippen LogP) is 4.59. The number of aliphatic hydroxyl groups is 1. The van der Waals surface area contributed by atoms with E-state index in [9.17, 15) is 14.7 Å². The van der Waals surface area contributed by atoms with Crippen molar-refractivity contribution in [2.24, 2.45) is 0 Å². The predicted molar refractivity (Wildman–Crippen MR) is 145 cm³/mol. The minimum Gasteiger partial charge on any atom is -0.388 e. The van der Waals surface area contributed by atoms with Crippen molar-refractivity contribution in [2.45, 2.75) is 51.0 Å². The molecule has 0 aliphatic heterocycles. The summed E-state index contributed by atoms with van der Waals surface area (Å²) in [7, 11) is 0. The second-order valence-electron chi connectivity index (χ2n) is 8.42. The van der Waals surface area contributed by atoms with Gasteiger partial charge in [0.1, 0.15) is 10.0 Å². The molecule has 0 aliphatic carbocycles. The van der Waals surface area contributed by atoms with Crippen LogP contribution < -0.4 is 10.6 Å². The van der Waals surface area contributed by atoms with Crippen LogP contribution in [0.1, 0.15) is 52.9 Å². The van der Waals surface area contributed by atoms with E-state index < -0.39 is 6.10 Å². The summed E-state index contributed by atoms with van der Waals surface area (Å²) < 4.78 is 0. The highest BCUT2D eigenvalue weighted by Crippen LogP contribution is 2.22. The molecule has 0 bridgehead atoms. The number of anilines is 2. The van der Waals surface area contributed by atoms with Gasteiger partial charge in [-0.25, -0.2) is 0 Å². The summed E-state index contributed by atoms with van der Waals surface area (Å²) in [6, 6.07) is 19.0. The number of carbonyl (C=O) groups excluding carboxylic acids is 2. The van der Waals surface area contributed by atoms with Crippen LogP contribution in [0.5, 0.6) is 0 Å². The van der Waals surface area contributed by atoms with Crippen molar-refractivity contribution in [2.75, 3.05) is 10.6 Å². The molecule has 0 fully saturated rings. The third-order valence-electron chi connectivity index (χ3n) is 5.50. The molecule has 0 aliphatic rings. The third-order valence-corrected chi connectivity index (χ3v) is 7.30. The fourth-order valence-corrected chi connectivity index (χ4v) is 5.18. The van der Waals surface area contributed by atoms with E-state index in [1.54, 1.807) is 12.1 Å². The first-order valence-electron chi connectivity index (χ1n) is 12.1. The standard InChI is InChI=1S/C26H28N6O3S2/c33-20(19-11-5-2-6-12-19)17-22(35)28-26-32-30-24(37-26)14-8-7-13-23-29-31-25(36-23)27-21(34)16-15-18-9-3-1-4-10-18/h1-6,9-12,20,33H,7-8,13-17H2,(H,27,31,34)(H,28,32,35). The summed E-state index contributed by atoms with van der Waals surface area (Å²) in [6.07, 6.45) is 3.45. The zero-order valence-electron chi connectivity index (χ0n) is 20.2. The van der Waals surface area contributed by atoms with Crippen LogP contribution in [-0.2, 0) is 28.9 Å². The van der Waals surface area contributed by atoms with E-state index in [4.69, 9.17) is 0 Å². The number of amides is 2. The Balaban J connectivity index is 1.12. The van der Waals surface area contributed by atoms with Crippen LogP contribution >= 0.6 is 22.7 Å². The van der Waals surface area contributed by atoms with Crippen LogP contribution in [0, 0.1) is 0 Å². The van der Waals surface area contributed by atoms with E-state index in [-0.39, 0.29) is 18.2 Å². The van der Waals surface area contributed by atoms with Crippen LogP contribution in [0.4, 0.5) is 10.3 Å². The molecular formula is C26H28N6O3S2. The highest BCUT2D eigenvalue weighted by molar-refractivity contribution is 7.15. The van der Waals surface area contributed by atoms with Gasteiger partial charge < -0.3 is 15.7 Å². The molecule has 0 saturated heterocycles. The van der Waals surface area contributed by atoms with E-state index in [2.05, 4.69) is 31.0 Å². The molecule has 0 saturated carbocycles. The fraction of sp³-hybridized carbons (Fsp3) is 0.308. The van der Waals surface area contributed by atoms with Crippen molar-refractivity contribution < 1.29 is 14.7 Å². The minimum atomic E-state index is -0.864. The van der Waals surface area contributed by atoms with Crippen LogP contribution in [0.15, 0.2) is 60.7 Å². The van der Waals surface area contributed by atoms with E-state index in [0.29, 0.717) is 28.7 Å². The average Bonchev–Trinajstić information content (AvgIpc) is 3.55. The number of aromatic nitrogens is 4. The summed E-state index contributed by atoms with van der Waals surface area (Å²) in [5, 5.41) is 34.8. The van der Waals surface area contributed by atoms with Gasteiger partial charge in [-0.1, -0.05) is 83.3 Å². The molecule has 37 heavy (non-hydrogen) atoms. The number of nitrogens with zero attached hydrogens (tertiary/aromatic N) is 4. The smallest absolute Gasteiger partial charge is 0.229 e. The van der Waals surface area contributed by atoms with Gasteiger partial charge >= 0.3 is 0 Å². The maximum Gasteiger partial charge on any atom is 0.229 e.